The number of amides is 2. The molecule has 106 valence electrons. The fraction of sp³-hybridized carbons (Fsp3) is 0.467. The summed E-state index contributed by atoms with van der Waals surface area (Å²) in [7, 11) is 1.85. The van der Waals surface area contributed by atoms with Gasteiger partial charge in [-0.3, -0.25) is 14.8 Å². The molecule has 20 heavy (non-hydrogen) atoms. The molecule has 0 bridgehead atoms. The van der Waals surface area contributed by atoms with Crippen LogP contribution in [0.2, 0.25) is 0 Å². The van der Waals surface area contributed by atoms with Gasteiger partial charge in [0, 0.05) is 31.0 Å². The summed E-state index contributed by atoms with van der Waals surface area (Å²) < 4.78 is 0. The van der Waals surface area contributed by atoms with E-state index in [1.165, 1.54) is 5.56 Å². The van der Waals surface area contributed by atoms with Crippen molar-refractivity contribution >= 4 is 11.8 Å². The highest BCUT2D eigenvalue weighted by atomic mass is 16.5. The zero-order valence-electron chi connectivity index (χ0n) is 11.5. The molecule has 3 rings (SSSR count). The summed E-state index contributed by atoms with van der Waals surface area (Å²) in [4.78, 5) is 25.1. The van der Waals surface area contributed by atoms with Gasteiger partial charge in [0.05, 0.1) is 0 Å². The van der Waals surface area contributed by atoms with Crippen LogP contribution in [0, 0.1) is 5.41 Å². The van der Waals surface area contributed by atoms with Crippen molar-refractivity contribution in [3.63, 3.8) is 0 Å². The molecule has 1 spiro atoms. The number of carbonyl (C=O) groups excluding carboxylic acids is 2. The van der Waals surface area contributed by atoms with Crippen molar-refractivity contribution in [1.29, 1.82) is 0 Å². The lowest BCUT2D eigenvalue weighted by Gasteiger charge is -2.34. The van der Waals surface area contributed by atoms with Crippen LogP contribution < -0.4 is 5.48 Å². The molecule has 1 heterocycles. The average molecular weight is 274 g/mol. The van der Waals surface area contributed by atoms with E-state index in [2.05, 4.69) is 0 Å². The number of aryl methyl sites for hydroxylation is 1. The van der Waals surface area contributed by atoms with E-state index in [0.29, 0.717) is 12.0 Å². The number of nitrogens with one attached hydrogen (secondary N) is 1. The monoisotopic (exact) mass is 274 g/mol. The van der Waals surface area contributed by atoms with Gasteiger partial charge in [-0.1, -0.05) is 6.07 Å². The Morgan fingerprint density at radius 3 is 2.80 bits per heavy atom. The summed E-state index contributed by atoms with van der Waals surface area (Å²) in [6.45, 7) is 0.793. The van der Waals surface area contributed by atoms with Crippen LogP contribution >= 0.6 is 0 Å². The topological polar surface area (TPSA) is 69.6 Å². The van der Waals surface area contributed by atoms with Crippen molar-refractivity contribution in [2.24, 2.45) is 5.41 Å². The third-order valence-corrected chi connectivity index (χ3v) is 4.58. The molecule has 5 heteroatoms. The van der Waals surface area contributed by atoms with Gasteiger partial charge in [-0.15, -0.1) is 0 Å². The molecular formula is C15H18N2O3. The molecule has 0 aromatic heterocycles. The first-order chi connectivity index (χ1) is 9.53. The lowest BCUT2D eigenvalue weighted by molar-refractivity contribution is -0.126. The number of benzene rings is 1. The molecule has 2 aliphatic rings. The van der Waals surface area contributed by atoms with E-state index in [1.807, 2.05) is 19.2 Å². The van der Waals surface area contributed by atoms with Crippen molar-refractivity contribution in [3.05, 3.63) is 34.9 Å². The van der Waals surface area contributed by atoms with E-state index in [9.17, 15) is 9.59 Å². The molecule has 1 aromatic rings. The maximum Gasteiger partial charge on any atom is 0.274 e. The number of likely N-dealkylation sites (tertiary alicyclic amines) is 1. The fourth-order valence-electron chi connectivity index (χ4n) is 3.52. The van der Waals surface area contributed by atoms with Gasteiger partial charge in [0.15, 0.2) is 0 Å². The minimum Gasteiger partial charge on any atom is -0.345 e. The predicted octanol–water partition coefficient (Wildman–Crippen LogP) is 1.14. The third-order valence-electron chi connectivity index (χ3n) is 4.58. The fourth-order valence-corrected chi connectivity index (χ4v) is 3.52. The highest BCUT2D eigenvalue weighted by Crippen LogP contribution is 2.42. The quantitative estimate of drug-likeness (QED) is 0.596. The minimum atomic E-state index is -0.493. The summed E-state index contributed by atoms with van der Waals surface area (Å²) in [5.41, 5.74) is 4.51. The molecule has 1 fully saturated rings. The van der Waals surface area contributed by atoms with Crippen molar-refractivity contribution in [2.45, 2.75) is 25.7 Å². The maximum absolute atomic E-state index is 11.8. The number of fused-ring (bicyclic) bond motifs is 1. The Morgan fingerprint density at radius 1 is 1.35 bits per heavy atom. The standard InChI is InChI=1S/C15H18N2O3/c1-17-9-15(8-13(17)18)5-4-10-2-3-11(14(19)16-20)6-12(10)7-15/h2-3,6,20H,4-5,7-9H2,1H3,(H,16,19)/t15-/m0/s1. The second-order valence-electron chi connectivity index (χ2n) is 6.03. The van der Waals surface area contributed by atoms with Gasteiger partial charge in [-0.05, 0) is 42.5 Å². The van der Waals surface area contributed by atoms with Gasteiger partial charge >= 0.3 is 0 Å². The smallest absolute Gasteiger partial charge is 0.274 e. The van der Waals surface area contributed by atoms with Crippen LogP contribution in [0.25, 0.3) is 0 Å². The summed E-state index contributed by atoms with van der Waals surface area (Å²) in [5, 5.41) is 8.72. The third kappa shape index (κ3) is 2.08. The molecule has 5 nitrogen and oxygen atoms in total. The first-order valence-electron chi connectivity index (χ1n) is 6.83. The Labute approximate surface area is 117 Å². The van der Waals surface area contributed by atoms with Gasteiger partial charge < -0.3 is 4.90 Å². The highest BCUT2D eigenvalue weighted by Gasteiger charge is 2.43. The Balaban J connectivity index is 1.90. The number of rotatable bonds is 1. The normalized spacial score (nSPS) is 24.9. The van der Waals surface area contributed by atoms with Crippen molar-refractivity contribution in [3.8, 4) is 0 Å². The van der Waals surface area contributed by atoms with E-state index >= 15 is 0 Å². The largest absolute Gasteiger partial charge is 0.345 e. The second kappa shape index (κ2) is 4.59. The van der Waals surface area contributed by atoms with Crippen LogP contribution in [-0.4, -0.2) is 35.5 Å². The number of carbonyl (C=O) groups is 2. The zero-order chi connectivity index (χ0) is 14.3. The molecule has 2 amide bonds. The Bertz CT molecular complexity index is 584. The van der Waals surface area contributed by atoms with Crippen molar-refractivity contribution in [2.75, 3.05) is 13.6 Å². The van der Waals surface area contributed by atoms with E-state index in [0.717, 1.165) is 31.4 Å². The Hall–Kier alpha value is -1.88. The number of hydrogen-bond acceptors (Lipinski definition) is 3. The minimum absolute atomic E-state index is 0.0210. The summed E-state index contributed by atoms with van der Waals surface area (Å²) in [6, 6.07) is 5.52. The van der Waals surface area contributed by atoms with E-state index < -0.39 is 5.91 Å². The molecule has 1 aromatic carbocycles. The van der Waals surface area contributed by atoms with Crippen molar-refractivity contribution < 1.29 is 14.8 Å². The molecular weight excluding hydrogens is 256 g/mol. The van der Waals surface area contributed by atoms with Gasteiger partial charge in [0.2, 0.25) is 5.91 Å². The SMILES string of the molecule is CN1C[C@]2(CCc3ccc(C(=O)NO)cc3C2)CC1=O. The van der Waals surface area contributed by atoms with Crippen LogP contribution in [0.3, 0.4) is 0 Å². The molecule has 0 radical (unpaired) electrons. The van der Waals surface area contributed by atoms with Crippen molar-refractivity contribution in [1.82, 2.24) is 10.4 Å². The molecule has 2 N–H and O–H groups in total. The van der Waals surface area contributed by atoms with Crippen LogP contribution in [0.15, 0.2) is 18.2 Å². The summed E-state index contributed by atoms with van der Waals surface area (Å²) >= 11 is 0. The number of nitrogens with zero attached hydrogens (tertiary/aromatic N) is 1. The van der Waals surface area contributed by atoms with Gasteiger partial charge in [-0.2, -0.15) is 0 Å². The first-order valence-corrected chi connectivity index (χ1v) is 6.83. The Kier molecular flexibility index (Phi) is 3.01. The number of hydroxylamine groups is 1. The van der Waals surface area contributed by atoms with Crippen LogP contribution in [0.5, 0.6) is 0 Å². The van der Waals surface area contributed by atoms with Crippen LogP contribution in [0.1, 0.15) is 34.3 Å². The average Bonchev–Trinajstić information content (AvgIpc) is 2.71. The second-order valence-corrected chi connectivity index (χ2v) is 6.03. The molecule has 0 saturated carbocycles. The predicted molar refractivity (Wildman–Crippen MR) is 72.4 cm³/mol. The van der Waals surface area contributed by atoms with Crippen LogP contribution in [-0.2, 0) is 17.6 Å². The lowest BCUT2D eigenvalue weighted by atomic mass is 9.70. The first kappa shape index (κ1) is 13.1. The lowest BCUT2D eigenvalue weighted by Crippen LogP contribution is -2.32. The molecule has 1 saturated heterocycles. The molecule has 0 unspecified atom stereocenters. The van der Waals surface area contributed by atoms with Crippen LogP contribution in [0.4, 0.5) is 0 Å². The summed E-state index contributed by atoms with van der Waals surface area (Å²) in [5.74, 6) is -0.287. The molecule has 1 atom stereocenters. The van der Waals surface area contributed by atoms with Gasteiger partial charge in [0.1, 0.15) is 0 Å². The van der Waals surface area contributed by atoms with E-state index in [4.69, 9.17) is 5.21 Å². The molecule has 1 aliphatic carbocycles. The number of hydrogen-bond donors (Lipinski definition) is 2. The van der Waals surface area contributed by atoms with Gasteiger partial charge in [-0.25, -0.2) is 5.48 Å². The zero-order valence-corrected chi connectivity index (χ0v) is 11.5. The maximum atomic E-state index is 11.8. The highest BCUT2D eigenvalue weighted by molar-refractivity contribution is 5.93. The van der Waals surface area contributed by atoms with E-state index in [1.54, 1.807) is 16.4 Å². The van der Waals surface area contributed by atoms with Gasteiger partial charge in [0.25, 0.3) is 5.91 Å². The summed E-state index contributed by atoms with van der Waals surface area (Å²) in [6.07, 6.45) is 3.38. The molecule has 1 aliphatic heterocycles. The van der Waals surface area contributed by atoms with E-state index in [-0.39, 0.29) is 11.3 Å². The Morgan fingerprint density at radius 2 is 2.15 bits per heavy atom.